The number of hydrogen-bond donors (Lipinski definition) is 3. The number of nitrogens with zero attached hydrogens (tertiary/aromatic N) is 2. The lowest BCUT2D eigenvalue weighted by Gasteiger charge is -2.27. The second-order valence-electron chi connectivity index (χ2n) is 4.97. The van der Waals surface area contributed by atoms with E-state index in [4.69, 9.17) is 27.5 Å². The van der Waals surface area contributed by atoms with E-state index in [0.717, 1.165) is 29.6 Å². The first-order chi connectivity index (χ1) is 9.63. The van der Waals surface area contributed by atoms with E-state index in [1.807, 2.05) is 12.1 Å². The van der Waals surface area contributed by atoms with Gasteiger partial charge in [-0.25, -0.2) is 4.98 Å². The van der Waals surface area contributed by atoms with Crippen LogP contribution in [0.1, 0.15) is 11.5 Å². The van der Waals surface area contributed by atoms with Crippen molar-refractivity contribution in [3.63, 3.8) is 0 Å². The molecule has 0 spiro atoms. The Kier molecular flexibility index (Phi) is 2.33. The molecule has 0 amide bonds. The maximum Gasteiger partial charge on any atom is 0.222 e. The molecule has 1 fully saturated rings. The molecule has 1 aliphatic heterocycles. The normalized spacial score (nSPS) is 15.8. The Morgan fingerprint density at radius 3 is 2.70 bits per heavy atom. The number of halogens is 1. The van der Waals surface area contributed by atoms with Crippen LogP contribution in [0.5, 0.6) is 0 Å². The van der Waals surface area contributed by atoms with Gasteiger partial charge < -0.3 is 21.2 Å². The minimum absolute atomic E-state index is 0.129. The second kappa shape index (κ2) is 3.97. The summed E-state index contributed by atoms with van der Waals surface area (Å²) in [5.74, 6) is 0.769. The number of aromatic nitrogens is 2. The van der Waals surface area contributed by atoms with Crippen molar-refractivity contribution in [1.29, 1.82) is 0 Å². The molecule has 6 nitrogen and oxygen atoms in total. The van der Waals surface area contributed by atoms with Gasteiger partial charge in [0.2, 0.25) is 5.95 Å². The Hall–Kier alpha value is -2.05. The Morgan fingerprint density at radius 1 is 1.20 bits per heavy atom. The Bertz CT molecular complexity index is 840. The summed E-state index contributed by atoms with van der Waals surface area (Å²) < 4.78 is 5.89. The molecular formula is C13H12ClN5O. The molecule has 2 aromatic heterocycles. The highest BCUT2D eigenvalue weighted by molar-refractivity contribution is 6.32. The van der Waals surface area contributed by atoms with E-state index in [0.29, 0.717) is 22.0 Å². The average molecular weight is 290 g/mol. The zero-order valence-corrected chi connectivity index (χ0v) is 11.2. The summed E-state index contributed by atoms with van der Waals surface area (Å²) in [6, 6.07) is 3.76. The lowest BCUT2D eigenvalue weighted by Crippen LogP contribution is -2.39. The number of rotatable bonds is 1. The van der Waals surface area contributed by atoms with Crippen molar-refractivity contribution >= 4 is 45.4 Å². The molecule has 1 saturated heterocycles. The third-order valence-electron chi connectivity index (χ3n) is 3.67. The smallest absolute Gasteiger partial charge is 0.222 e. The molecule has 3 aromatic rings. The third-order valence-corrected chi connectivity index (χ3v) is 3.89. The van der Waals surface area contributed by atoms with Gasteiger partial charge in [0.25, 0.3) is 0 Å². The standard InChI is InChI=1S/C13H12ClN5O/c14-6-1-7(5-3-17-4-5)10-8(2-6)9-11(20-10)12(15)19-13(16)18-9/h1-2,5,17H,3-4H2,(H4,15,16,18,19). The van der Waals surface area contributed by atoms with Crippen molar-refractivity contribution in [3.8, 4) is 0 Å². The van der Waals surface area contributed by atoms with Crippen LogP contribution in [0.25, 0.3) is 22.1 Å². The van der Waals surface area contributed by atoms with Crippen molar-refractivity contribution < 1.29 is 4.42 Å². The fraction of sp³-hybridized carbons (Fsp3) is 0.231. The fourth-order valence-corrected chi connectivity index (χ4v) is 2.81. The van der Waals surface area contributed by atoms with Crippen molar-refractivity contribution in [2.45, 2.75) is 5.92 Å². The summed E-state index contributed by atoms with van der Waals surface area (Å²) in [5, 5.41) is 4.72. The molecular weight excluding hydrogens is 278 g/mol. The van der Waals surface area contributed by atoms with Crippen molar-refractivity contribution in [1.82, 2.24) is 15.3 Å². The molecule has 4 rings (SSSR count). The Morgan fingerprint density at radius 2 is 2.00 bits per heavy atom. The summed E-state index contributed by atoms with van der Waals surface area (Å²) in [4.78, 5) is 8.16. The predicted octanol–water partition coefficient (Wildman–Crippen LogP) is 1.88. The topological polar surface area (TPSA) is 103 Å². The van der Waals surface area contributed by atoms with Gasteiger partial charge in [-0.2, -0.15) is 4.98 Å². The third kappa shape index (κ3) is 1.55. The molecule has 0 unspecified atom stereocenters. The first kappa shape index (κ1) is 11.7. The van der Waals surface area contributed by atoms with Crippen LogP contribution in [0.15, 0.2) is 16.5 Å². The number of fused-ring (bicyclic) bond motifs is 3. The predicted molar refractivity (Wildman–Crippen MR) is 78.8 cm³/mol. The minimum atomic E-state index is 0.129. The van der Waals surface area contributed by atoms with E-state index in [-0.39, 0.29) is 11.8 Å². The average Bonchev–Trinajstić information content (AvgIpc) is 2.66. The second-order valence-corrected chi connectivity index (χ2v) is 5.41. The Labute approximate surface area is 119 Å². The number of nitrogens with two attached hydrogens (primary N) is 2. The molecule has 3 heterocycles. The van der Waals surface area contributed by atoms with Crippen LogP contribution in [-0.4, -0.2) is 23.1 Å². The van der Waals surface area contributed by atoms with Gasteiger partial charge in [-0.1, -0.05) is 11.6 Å². The largest absolute Gasteiger partial charge is 0.450 e. The van der Waals surface area contributed by atoms with Crippen LogP contribution < -0.4 is 16.8 Å². The van der Waals surface area contributed by atoms with Crippen molar-refractivity contribution in [2.75, 3.05) is 24.6 Å². The van der Waals surface area contributed by atoms with E-state index in [9.17, 15) is 0 Å². The number of benzene rings is 1. The zero-order chi connectivity index (χ0) is 13.9. The zero-order valence-electron chi connectivity index (χ0n) is 10.5. The molecule has 5 N–H and O–H groups in total. The van der Waals surface area contributed by atoms with E-state index >= 15 is 0 Å². The Balaban J connectivity index is 2.13. The van der Waals surface area contributed by atoms with Crippen LogP contribution >= 0.6 is 11.6 Å². The molecule has 102 valence electrons. The molecule has 0 saturated carbocycles. The number of anilines is 2. The monoisotopic (exact) mass is 289 g/mol. The van der Waals surface area contributed by atoms with Crippen LogP contribution in [0.3, 0.4) is 0 Å². The summed E-state index contributed by atoms with van der Waals surface area (Å²) in [5.41, 5.74) is 14.4. The fourth-order valence-electron chi connectivity index (χ4n) is 2.59. The molecule has 1 aromatic carbocycles. The number of furan rings is 1. The maximum atomic E-state index is 6.22. The molecule has 0 atom stereocenters. The number of hydrogen-bond acceptors (Lipinski definition) is 6. The van der Waals surface area contributed by atoms with Gasteiger partial charge in [0.1, 0.15) is 11.1 Å². The molecule has 0 aliphatic carbocycles. The van der Waals surface area contributed by atoms with Gasteiger partial charge >= 0.3 is 0 Å². The maximum absolute atomic E-state index is 6.22. The van der Waals surface area contributed by atoms with E-state index in [2.05, 4.69) is 15.3 Å². The lowest BCUT2D eigenvalue weighted by molar-refractivity contribution is 0.446. The molecule has 1 aliphatic rings. The molecule has 20 heavy (non-hydrogen) atoms. The van der Waals surface area contributed by atoms with Crippen molar-refractivity contribution in [2.24, 2.45) is 0 Å². The highest BCUT2D eigenvalue weighted by Crippen LogP contribution is 2.38. The SMILES string of the molecule is Nc1nc(N)c2oc3c(C4CNC4)cc(Cl)cc3c2n1. The minimum Gasteiger partial charge on any atom is -0.450 e. The quantitative estimate of drug-likeness (QED) is 0.632. The number of nitrogens with one attached hydrogen (secondary N) is 1. The highest BCUT2D eigenvalue weighted by atomic mass is 35.5. The van der Waals surface area contributed by atoms with Gasteiger partial charge in [0, 0.05) is 35.0 Å². The van der Waals surface area contributed by atoms with E-state index < -0.39 is 0 Å². The van der Waals surface area contributed by atoms with Crippen LogP contribution in [0.2, 0.25) is 5.02 Å². The van der Waals surface area contributed by atoms with Crippen molar-refractivity contribution in [3.05, 3.63) is 22.7 Å². The van der Waals surface area contributed by atoms with E-state index in [1.165, 1.54) is 0 Å². The van der Waals surface area contributed by atoms with Gasteiger partial charge in [-0.15, -0.1) is 0 Å². The number of nitrogen functional groups attached to an aromatic ring is 2. The van der Waals surface area contributed by atoms with Crippen LogP contribution in [0.4, 0.5) is 11.8 Å². The molecule has 7 heteroatoms. The van der Waals surface area contributed by atoms with Gasteiger partial charge in [0.05, 0.1) is 0 Å². The van der Waals surface area contributed by atoms with E-state index in [1.54, 1.807) is 0 Å². The summed E-state index contributed by atoms with van der Waals surface area (Å²) in [6.07, 6.45) is 0. The first-order valence-corrected chi connectivity index (χ1v) is 6.66. The van der Waals surface area contributed by atoms with Crippen LogP contribution in [0, 0.1) is 0 Å². The molecule has 0 radical (unpaired) electrons. The lowest BCUT2D eigenvalue weighted by atomic mass is 9.92. The van der Waals surface area contributed by atoms with Gasteiger partial charge in [-0.05, 0) is 12.1 Å². The highest BCUT2D eigenvalue weighted by Gasteiger charge is 2.25. The van der Waals surface area contributed by atoms with Gasteiger partial charge in [0.15, 0.2) is 11.4 Å². The summed E-state index contributed by atoms with van der Waals surface area (Å²) >= 11 is 6.22. The van der Waals surface area contributed by atoms with Gasteiger partial charge in [-0.3, -0.25) is 0 Å². The van der Waals surface area contributed by atoms with Crippen LogP contribution in [-0.2, 0) is 0 Å². The summed E-state index contributed by atoms with van der Waals surface area (Å²) in [6.45, 7) is 1.82. The molecule has 0 bridgehead atoms. The first-order valence-electron chi connectivity index (χ1n) is 6.29. The summed E-state index contributed by atoms with van der Waals surface area (Å²) in [7, 11) is 0.